The average molecular weight is 178 g/mol. The highest BCUT2D eigenvalue weighted by atomic mass is 16.5. The Bertz CT molecular complexity index is 422. The van der Waals surface area contributed by atoms with Crippen LogP contribution < -0.4 is 4.74 Å². The molecule has 0 atom stereocenters. The topological polar surface area (TPSA) is 46.8 Å². The Morgan fingerprint density at radius 1 is 1.62 bits per heavy atom. The van der Waals surface area contributed by atoms with Gasteiger partial charge in [0.05, 0.1) is 13.3 Å². The second-order valence-electron chi connectivity index (χ2n) is 2.66. The predicted octanol–water partition coefficient (Wildman–Crippen LogP) is 0.835. The first-order chi connectivity index (χ1) is 6.36. The number of hydrogen-bond donors (Lipinski definition) is 1. The van der Waals surface area contributed by atoms with E-state index in [9.17, 15) is 0 Å². The van der Waals surface area contributed by atoms with Gasteiger partial charge in [-0.1, -0.05) is 0 Å². The number of hydrogen-bond acceptors (Lipinski definition) is 3. The Labute approximate surface area is 75.4 Å². The van der Waals surface area contributed by atoms with E-state index in [0.717, 1.165) is 11.3 Å². The van der Waals surface area contributed by atoms with Crippen LogP contribution in [0.15, 0.2) is 24.5 Å². The van der Waals surface area contributed by atoms with Crippen LogP contribution in [0.2, 0.25) is 0 Å². The van der Waals surface area contributed by atoms with E-state index in [1.165, 1.54) is 0 Å². The zero-order chi connectivity index (χ0) is 9.26. The Hall–Kier alpha value is -1.55. The highest BCUT2D eigenvalue weighted by Gasteiger charge is 2.05. The summed E-state index contributed by atoms with van der Waals surface area (Å²) >= 11 is 0. The van der Waals surface area contributed by atoms with Crippen molar-refractivity contribution in [2.45, 2.75) is 6.61 Å². The molecule has 0 radical (unpaired) electrons. The van der Waals surface area contributed by atoms with Gasteiger partial charge in [0.25, 0.3) is 0 Å². The second-order valence-corrected chi connectivity index (χ2v) is 2.66. The summed E-state index contributed by atoms with van der Waals surface area (Å²) < 4.78 is 6.95. The smallest absolute Gasteiger partial charge is 0.144 e. The Balaban J connectivity index is 2.72. The van der Waals surface area contributed by atoms with E-state index < -0.39 is 0 Å². The maximum absolute atomic E-state index is 8.96. The number of imidazole rings is 1. The molecule has 2 rings (SSSR count). The van der Waals surface area contributed by atoms with Crippen LogP contribution in [0.3, 0.4) is 0 Å². The van der Waals surface area contributed by atoms with E-state index in [-0.39, 0.29) is 6.61 Å². The summed E-state index contributed by atoms with van der Waals surface area (Å²) in [6.07, 6.45) is 3.53. The minimum atomic E-state index is -0.0681. The van der Waals surface area contributed by atoms with E-state index in [2.05, 4.69) is 4.98 Å². The van der Waals surface area contributed by atoms with E-state index in [1.807, 2.05) is 18.3 Å². The van der Waals surface area contributed by atoms with E-state index in [0.29, 0.717) is 5.82 Å². The molecule has 0 aliphatic carbocycles. The molecule has 0 aromatic carbocycles. The highest BCUT2D eigenvalue weighted by molar-refractivity contribution is 5.59. The second kappa shape index (κ2) is 3.06. The van der Waals surface area contributed by atoms with E-state index >= 15 is 0 Å². The first kappa shape index (κ1) is 8.07. The van der Waals surface area contributed by atoms with Crippen LogP contribution in [0.5, 0.6) is 5.75 Å². The lowest BCUT2D eigenvalue weighted by molar-refractivity contribution is 0.270. The monoisotopic (exact) mass is 178 g/mol. The minimum absolute atomic E-state index is 0.0681. The van der Waals surface area contributed by atoms with Crippen molar-refractivity contribution in [3.05, 3.63) is 30.4 Å². The van der Waals surface area contributed by atoms with Gasteiger partial charge in [0.2, 0.25) is 0 Å². The molecule has 4 nitrogen and oxygen atoms in total. The average Bonchev–Trinajstić information content (AvgIpc) is 2.60. The molecule has 0 aliphatic heterocycles. The maximum Gasteiger partial charge on any atom is 0.144 e. The van der Waals surface area contributed by atoms with Gasteiger partial charge in [0, 0.05) is 6.20 Å². The molecule has 0 spiro atoms. The van der Waals surface area contributed by atoms with Crippen molar-refractivity contribution in [2.75, 3.05) is 7.11 Å². The molecule has 0 amide bonds. The Kier molecular flexibility index (Phi) is 1.90. The molecule has 0 aliphatic rings. The number of pyridine rings is 1. The van der Waals surface area contributed by atoms with Crippen molar-refractivity contribution >= 4 is 5.52 Å². The van der Waals surface area contributed by atoms with Crippen molar-refractivity contribution in [3.63, 3.8) is 0 Å². The standard InChI is InChI=1S/C9H10N2O2/c1-13-8-3-2-4-11-7(8)5-10-9(11)6-12/h2-5,12H,6H2,1H3. The first-order valence-electron chi connectivity index (χ1n) is 3.96. The van der Waals surface area contributed by atoms with Crippen LogP contribution in [0.1, 0.15) is 5.82 Å². The van der Waals surface area contributed by atoms with E-state index in [4.69, 9.17) is 9.84 Å². The lowest BCUT2D eigenvalue weighted by atomic mass is 10.4. The molecule has 0 bridgehead atoms. The summed E-state index contributed by atoms with van der Waals surface area (Å²) in [5.74, 6) is 1.38. The Morgan fingerprint density at radius 2 is 2.46 bits per heavy atom. The third-order valence-electron chi connectivity index (χ3n) is 1.97. The number of aromatic nitrogens is 2. The predicted molar refractivity (Wildman–Crippen MR) is 47.7 cm³/mol. The number of aliphatic hydroxyl groups is 1. The SMILES string of the molecule is COc1cccn2c(CO)ncc12. The summed E-state index contributed by atoms with van der Waals surface area (Å²) in [5.41, 5.74) is 0.869. The summed E-state index contributed by atoms with van der Waals surface area (Å²) in [5, 5.41) is 8.96. The third-order valence-corrected chi connectivity index (χ3v) is 1.97. The fourth-order valence-corrected chi connectivity index (χ4v) is 1.34. The molecule has 0 unspecified atom stereocenters. The van der Waals surface area contributed by atoms with Crippen LogP contribution in [0.25, 0.3) is 5.52 Å². The van der Waals surface area contributed by atoms with Gasteiger partial charge >= 0.3 is 0 Å². The summed E-state index contributed by atoms with van der Waals surface area (Å²) in [4.78, 5) is 4.06. The Morgan fingerprint density at radius 3 is 3.15 bits per heavy atom. The largest absolute Gasteiger partial charge is 0.494 e. The molecule has 4 heteroatoms. The number of fused-ring (bicyclic) bond motifs is 1. The zero-order valence-electron chi connectivity index (χ0n) is 7.27. The molecule has 1 N–H and O–H groups in total. The van der Waals surface area contributed by atoms with Crippen LogP contribution >= 0.6 is 0 Å². The molecule has 2 heterocycles. The van der Waals surface area contributed by atoms with Crippen molar-refractivity contribution in [3.8, 4) is 5.75 Å². The molecular weight excluding hydrogens is 168 g/mol. The lowest BCUT2D eigenvalue weighted by Crippen LogP contribution is -1.94. The quantitative estimate of drug-likeness (QED) is 0.741. The van der Waals surface area contributed by atoms with Gasteiger partial charge in [-0.15, -0.1) is 0 Å². The summed E-state index contributed by atoms with van der Waals surface area (Å²) in [6, 6.07) is 3.71. The number of rotatable bonds is 2. The molecule has 0 fully saturated rings. The molecular formula is C9H10N2O2. The van der Waals surface area contributed by atoms with Gasteiger partial charge in [0.1, 0.15) is 23.7 Å². The fourth-order valence-electron chi connectivity index (χ4n) is 1.34. The van der Waals surface area contributed by atoms with Gasteiger partial charge in [0.15, 0.2) is 0 Å². The number of nitrogens with zero attached hydrogens (tertiary/aromatic N) is 2. The fraction of sp³-hybridized carbons (Fsp3) is 0.222. The number of methoxy groups -OCH3 is 1. The van der Waals surface area contributed by atoms with Gasteiger partial charge in [-0.2, -0.15) is 0 Å². The molecule has 13 heavy (non-hydrogen) atoms. The van der Waals surface area contributed by atoms with Crippen LogP contribution in [0.4, 0.5) is 0 Å². The van der Waals surface area contributed by atoms with E-state index in [1.54, 1.807) is 17.7 Å². The van der Waals surface area contributed by atoms with Crippen molar-refractivity contribution < 1.29 is 9.84 Å². The van der Waals surface area contributed by atoms with Crippen LogP contribution in [-0.4, -0.2) is 21.6 Å². The minimum Gasteiger partial charge on any atom is -0.494 e. The molecule has 2 aromatic rings. The van der Waals surface area contributed by atoms with Crippen molar-refractivity contribution in [2.24, 2.45) is 0 Å². The lowest BCUT2D eigenvalue weighted by Gasteiger charge is -2.02. The van der Waals surface area contributed by atoms with Crippen molar-refractivity contribution in [1.29, 1.82) is 0 Å². The molecule has 68 valence electrons. The van der Waals surface area contributed by atoms with Gasteiger partial charge in [-0.05, 0) is 12.1 Å². The molecule has 2 aromatic heterocycles. The van der Waals surface area contributed by atoms with Gasteiger partial charge in [-0.3, -0.25) is 4.40 Å². The zero-order valence-corrected chi connectivity index (χ0v) is 7.27. The number of aliphatic hydroxyl groups excluding tert-OH is 1. The molecule has 0 saturated carbocycles. The summed E-state index contributed by atoms with van der Waals surface area (Å²) in [7, 11) is 1.61. The van der Waals surface area contributed by atoms with Crippen LogP contribution in [-0.2, 0) is 6.61 Å². The normalized spacial score (nSPS) is 10.6. The van der Waals surface area contributed by atoms with Gasteiger partial charge in [-0.25, -0.2) is 4.98 Å². The highest BCUT2D eigenvalue weighted by Crippen LogP contribution is 2.19. The maximum atomic E-state index is 8.96. The third kappa shape index (κ3) is 1.15. The van der Waals surface area contributed by atoms with Crippen LogP contribution in [0, 0.1) is 0 Å². The van der Waals surface area contributed by atoms with Gasteiger partial charge < -0.3 is 9.84 Å². The molecule has 0 saturated heterocycles. The summed E-state index contributed by atoms with van der Waals surface area (Å²) in [6.45, 7) is -0.0681. The number of ether oxygens (including phenoxy) is 1. The van der Waals surface area contributed by atoms with Crippen molar-refractivity contribution in [1.82, 2.24) is 9.38 Å². The first-order valence-corrected chi connectivity index (χ1v) is 3.96.